The molecule has 1 saturated heterocycles. The van der Waals surface area contributed by atoms with Gasteiger partial charge in [-0.3, -0.25) is 9.69 Å². The van der Waals surface area contributed by atoms with Crippen LogP contribution in [0, 0.1) is 0 Å². The number of carbonyl (C=O) groups is 1. The van der Waals surface area contributed by atoms with Crippen molar-refractivity contribution in [3.8, 4) is 0 Å². The Morgan fingerprint density at radius 1 is 1.38 bits per heavy atom. The average molecular weight is 345 g/mol. The lowest BCUT2D eigenvalue weighted by Gasteiger charge is -2.32. The molecule has 1 atom stereocenters. The molecule has 1 aromatic heterocycles. The standard InChI is InChI=1S/C18H23N3O2S/c22-18(19-7-6-16-13-24-14-20-16)10-17-12-21(8-9-23-17)11-15-4-2-1-3-5-15/h1-5,13-14,17H,6-12H2,(H,19,22)/t17-/m1/s1. The molecule has 5 nitrogen and oxygen atoms in total. The number of nitrogens with one attached hydrogen (secondary N) is 1. The van der Waals surface area contributed by atoms with Gasteiger partial charge in [0.2, 0.25) is 5.91 Å². The molecule has 6 heteroatoms. The van der Waals surface area contributed by atoms with Crippen LogP contribution in [0.15, 0.2) is 41.2 Å². The summed E-state index contributed by atoms with van der Waals surface area (Å²) in [6.07, 6.45) is 1.17. The largest absolute Gasteiger partial charge is 0.375 e. The van der Waals surface area contributed by atoms with Crippen LogP contribution in [0.4, 0.5) is 0 Å². The van der Waals surface area contributed by atoms with Gasteiger partial charge >= 0.3 is 0 Å². The third-order valence-corrected chi connectivity index (χ3v) is 4.71. The number of nitrogens with zero attached hydrogens (tertiary/aromatic N) is 2. The summed E-state index contributed by atoms with van der Waals surface area (Å²) in [5.41, 5.74) is 4.14. The summed E-state index contributed by atoms with van der Waals surface area (Å²) >= 11 is 1.58. The van der Waals surface area contributed by atoms with E-state index in [1.807, 2.05) is 17.0 Å². The average Bonchev–Trinajstić information content (AvgIpc) is 3.09. The third-order valence-electron chi connectivity index (χ3n) is 4.07. The van der Waals surface area contributed by atoms with Crippen LogP contribution in [0.5, 0.6) is 0 Å². The van der Waals surface area contributed by atoms with E-state index < -0.39 is 0 Å². The number of benzene rings is 1. The number of thiazole rings is 1. The monoisotopic (exact) mass is 345 g/mol. The molecule has 0 aliphatic carbocycles. The second kappa shape index (κ2) is 8.92. The summed E-state index contributed by atoms with van der Waals surface area (Å²) in [6.45, 7) is 3.93. The Morgan fingerprint density at radius 2 is 2.25 bits per heavy atom. The molecule has 0 bridgehead atoms. The van der Waals surface area contributed by atoms with E-state index >= 15 is 0 Å². The second-order valence-corrected chi connectivity index (χ2v) is 6.72. The number of amides is 1. The quantitative estimate of drug-likeness (QED) is 0.835. The highest BCUT2D eigenvalue weighted by Gasteiger charge is 2.22. The number of aromatic nitrogens is 1. The number of hydrogen-bond donors (Lipinski definition) is 1. The van der Waals surface area contributed by atoms with Crippen molar-refractivity contribution in [3.05, 3.63) is 52.5 Å². The summed E-state index contributed by atoms with van der Waals surface area (Å²) in [5.74, 6) is 0.0526. The van der Waals surface area contributed by atoms with Gasteiger partial charge in [0.05, 0.1) is 30.3 Å². The SMILES string of the molecule is O=C(C[C@@H]1CN(Cc2ccccc2)CCO1)NCCc1cscn1. The maximum Gasteiger partial charge on any atom is 0.222 e. The Morgan fingerprint density at radius 3 is 3.04 bits per heavy atom. The van der Waals surface area contributed by atoms with Gasteiger partial charge in [0, 0.05) is 38.0 Å². The summed E-state index contributed by atoms with van der Waals surface area (Å²) in [4.78, 5) is 18.6. The molecule has 0 saturated carbocycles. The first-order valence-electron chi connectivity index (χ1n) is 8.31. The minimum Gasteiger partial charge on any atom is -0.375 e. The van der Waals surface area contributed by atoms with Crippen molar-refractivity contribution >= 4 is 17.2 Å². The van der Waals surface area contributed by atoms with Crippen molar-refractivity contribution in [2.24, 2.45) is 0 Å². The van der Waals surface area contributed by atoms with Crippen molar-refractivity contribution in [1.29, 1.82) is 0 Å². The summed E-state index contributed by atoms with van der Waals surface area (Å²) in [6, 6.07) is 10.4. The maximum atomic E-state index is 12.1. The lowest BCUT2D eigenvalue weighted by molar-refractivity contribution is -0.126. The van der Waals surface area contributed by atoms with E-state index in [0.29, 0.717) is 19.6 Å². The van der Waals surface area contributed by atoms with Gasteiger partial charge in [0.1, 0.15) is 0 Å². The van der Waals surface area contributed by atoms with Crippen LogP contribution >= 0.6 is 11.3 Å². The number of carbonyl (C=O) groups excluding carboxylic acids is 1. The molecule has 1 N–H and O–H groups in total. The van der Waals surface area contributed by atoms with Crippen LogP contribution in [0.3, 0.4) is 0 Å². The zero-order chi connectivity index (χ0) is 16.6. The molecule has 1 fully saturated rings. The van der Waals surface area contributed by atoms with Gasteiger partial charge in [-0.2, -0.15) is 0 Å². The number of rotatable bonds is 7. The van der Waals surface area contributed by atoms with Crippen molar-refractivity contribution in [3.63, 3.8) is 0 Å². The molecule has 0 radical (unpaired) electrons. The molecular formula is C18H23N3O2S. The van der Waals surface area contributed by atoms with E-state index in [0.717, 1.165) is 31.7 Å². The highest BCUT2D eigenvalue weighted by atomic mass is 32.1. The molecule has 1 amide bonds. The number of hydrogen-bond acceptors (Lipinski definition) is 5. The molecule has 2 heterocycles. The third kappa shape index (κ3) is 5.40. The van der Waals surface area contributed by atoms with Crippen molar-refractivity contribution in [2.75, 3.05) is 26.2 Å². The van der Waals surface area contributed by atoms with Crippen molar-refractivity contribution in [2.45, 2.75) is 25.5 Å². The predicted molar refractivity (Wildman–Crippen MR) is 94.9 cm³/mol. The molecule has 1 aliphatic heterocycles. The Kier molecular flexibility index (Phi) is 6.34. The molecule has 128 valence electrons. The van der Waals surface area contributed by atoms with E-state index in [4.69, 9.17) is 4.74 Å². The topological polar surface area (TPSA) is 54.5 Å². The lowest BCUT2D eigenvalue weighted by atomic mass is 10.1. The Bertz CT molecular complexity index is 618. The fraction of sp³-hybridized carbons (Fsp3) is 0.444. The highest BCUT2D eigenvalue weighted by Crippen LogP contribution is 2.12. The van der Waals surface area contributed by atoms with Gasteiger partial charge in [-0.25, -0.2) is 4.98 Å². The molecule has 2 aromatic rings. The first kappa shape index (κ1) is 17.1. The molecule has 1 aromatic carbocycles. The fourth-order valence-electron chi connectivity index (χ4n) is 2.86. The van der Waals surface area contributed by atoms with E-state index in [2.05, 4.69) is 39.5 Å². The molecule has 3 rings (SSSR count). The normalized spacial score (nSPS) is 18.4. The predicted octanol–water partition coefficient (Wildman–Crippen LogP) is 2.09. The van der Waals surface area contributed by atoms with Gasteiger partial charge in [-0.1, -0.05) is 30.3 Å². The molecular weight excluding hydrogens is 322 g/mol. The maximum absolute atomic E-state index is 12.1. The van der Waals surface area contributed by atoms with Crippen LogP contribution in [0.2, 0.25) is 0 Å². The first-order valence-corrected chi connectivity index (χ1v) is 9.25. The fourth-order valence-corrected chi connectivity index (χ4v) is 3.45. The summed E-state index contributed by atoms with van der Waals surface area (Å²) < 4.78 is 5.76. The van der Waals surface area contributed by atoms with Crippen molar-refractivity contribution in [1.82, 2.24) is 15.2 Å². The van der Waals surface area contributed by atoms with Gasteiger partial charge in [0.15, 0.2) is 0 Å². The van der Waals surface area contributed by atoms with E-state index in [-0.39, 0.29) is 12.0 Å². The minimum atomic E-state index is -0.0262. The summed E-state index contributed by atoms with van der Waals surface area (Å²) in [7, 11) is 0. The molecule has 1 aliphatic rings. The van der Waals surface area contributed by atoms with E-state index in [9.17, 15) is 4.79 Å². The van der Waals surface area contributed by atoms with Crippen LogP contribution in [0.25, 0.3) is 0 Å². The zero-order valence-electron chi connectivity index (χ0n) is 13.7. The van der Waals surface area contributed by atoms with Crippen LogP contribution in [0.1, 0.15) is 17.7 Å². The Hall–Kier alpha value is -1.76. The second-order valence-electron chi connectivity index (χ2n) is 6.00. The van der Waals surface area contributed by atoms with E-state index in [1.165, 1.54) is 5.56 Å². The minimum absolute atomic E-state index is 0.0262. The van der Waals surface area contributed by atoms with Gasteiger partial charge in [0.25, 0.3) is 0 Å². The van der Waals surface area contributed by atoms with E-state index in [1.54, 1.807) is 11.3 Å². The summed E-state index contributed by atoms with van der Waals surface area (Å²) in [5, 5.41) is 4.97. The van der Waals surface area contributed by atoms with Crippen LogP contribution < -0.4 is 5.32 Å². The number of ether oxygens (including phenoxy) is 1. The lowest BCUT2D eigenvalue weighted by Crippen LogP contribution is -2.44. The van der Waals surface area contributed by atoms with Gasteiger partial charge in [-0.15, -0.1) is 11.3 Å². The zero-order valence-corrected chi connectivity index (χ0v) is 14.5. The van der Waals surface area contributed by atoms with Gasteiger partial charge in [-0.05, 0) is 5.56 Å². The molecule has 0 spiro atoms. The first-order chi connectivity index (χ1) is 11.8. The Balaban J connectivity index is 1.39. The van der Waals surface area contributed by atoms with Gasteiger partial charge < -0.3 is 10.1 Å². The van der Waals surface area contributed by atoms with Crippen LogP contribution in [-0.2, 0) is 22.5 Å². The smallest absolute Gasteiger partial charge is 0.222 e. The molecule has 0 unspecified atom stereocenters. The highest BCUT2D eigenvalue weighted by molar-refractivity contribution is 7.07. The molecule has 24 heavy (non-hydrogen) atoms. The Labute approximate surface area is 146 Å². The van der Waals surface area contributed by atoms with Crippen molar-refractivity contribution < 1.29 is 9.53 Å². The number of morpholine rings is 1. The van der Waals surface area contributed by atoms with Crippen LogP contribution in [-0.4, -0.2) is 48.1 Å².